The van der Waals surface area contributed by atoms with Crippen LogP contribution in [0.25, 0.3) is 0 Å². The van der Waals surface area contributed by atoms with Gasteiger partial charge in [-0.05, 0) is 43.8 Å². The molecule has 0 fully saturated rings. The molecule has 5 heteroatoms. The second-order valence-electron chi connectivity index (χ2n) is 4.36. The number of phenolic OH excluding ortho intramolecular Hbond substituents is 1. The van der Waals surface area contributed by atoms with E-state index in [-0.39, 0.29) is 23.5 Å². The lowest BCUT2D eigenvalue weighted by Gasteiger charge is -2.30. The predicted octanol–water partition coefficient (Wildman–Crippen LogP) is 1.99. The van der Waals surface area contributed by atoms with Crippen molar-refractivity contribution >= 4 is 28.8 Å². The van der Waals surface area contributed by atoms with Crippen molar-refractivity contribution in [3.05, 3.63) is 29.8 Å². The molecule has 2 rings (SSSR count). The second-order valence-corrected chi connectivity index (χ2v) is 4.75. The minimum Gasteiger partial charge on any atom is -0.508 e. The van der Waals surface area contributed by atoms with Crippen LogP contribution in [0.3, 0.4) is 0 Å². The van der Waals surface area contributed by atoms with Crippen LogP contribution in [0, 0.1) is 5.92 Å². The van der Waals surface area contributed by atoms with Gasteiger partial charge in [0.05, 0.1) is 12.0 Å². The SMILES string of the molecule is CC(=O)C1C(C)=NC(=S)NC1c1ccc(O)cc1. The van der Waals surface area contributed by atoms with Crippen LogP contribution < -0.4 is 5.32 Å². The smallest absolute Gasteiger partial charge is 0.193 e. The normalized spacial score (nSPS) is 23.2. The Bertz CT molecular complexity index is 522. The third-order valence-corrected chi connectivity index (χ3v) is 3.24. The Kier molecular flexibility index (Phi) is 3.43. The lowest BCUT2D eigenvalue weighted by molar-refractivity contribution is -0.119. The third kappa shape index (κ3) is 2.41. The average molecular weight is 262 g/mol. The quantitative estimate of drug-likeness (QED) is 0.800. The largest absolute Gasteiger partial charge is 0.508 e. The number of aromatic hydroxyl groups is 1. The molecule has 0 bridgehead atoms. The van der Waals surface area contributed by atoms with Crippen molar-refractivity contribution in [2.45, 2.75) is 19.9 Å². The van der Waals surface area contributed by atoms with E-state index < -0.39 is 0 Å². The second kappa shape index (κ2) is 4.86. The number of carbonyl (C=O) groups excluding carboxylic acids is 1. The molecular weight excluding hydrogens is 248 g/mol. The number of thiocarbonyl (C=S) groups is 1. The molecule has 0 saturated heterocycles. The summed E-state index contributed by atoms with van der Waals surface area (Å²) in [5, 5.41) is 12.7. The van der Waals surface area contributed by atoms with E-state index in [4.69, 9.17) is 12.2 Å². The van der Waals surface area contributed by atoms with Gasteiger partial charge in [-0.2, -0.15) is 0 Å². The van der Waals surface area contributed by atoms with E-state index in [1.807, 2.05) is 6.92 Å². The maximum absolute atomic E-state index is 11.8. The molecule has 2 unspecified atom stereocenters. The summed E-state index contributed by atoms with van der Waals surface area (Å²) in [4.78, 5) is 15.9. The summed E-state index contributed by atoms with van der Waals surface area (Å²) < 4.78 is 0. The summed E-state index contributed by atoms with van der Waals surface area (Å²) >= 11 is 5.07. The molecule has 18 heavy (non-hydrogen) atoms. The fourth-order valence-electron chi connectivity index (χ4n) is 2.21. The zero-order valence-electron chi connectivity index (χ0n) is 10.2. The molecule has 0 aliphatic carbocycles. The number of nitrogens with zero attached hydrogens (tertiary/aromatic N) is 1. The van der Waals surface area contributed by atoms with E-state index in [1.165, 1.54) is 0 Å². The van der Waals surface area contributed by atoms with E-state index in [1.54, 1.807) is 31.2 Å². The number of Topliss-reactive ketones (excluding diaryl/α,β-unsaturated/α-hetero) is 1. The highest BCUT2D eigenvalue weighted by atomic mass is 32.1. The van der Waals surface area contributed by atoms with Crippen molar-refractivity contribution in [3.8, 4) is 5.75 Å². The van der Waals surface area contributed by atoms with Crippen LogP contribution in [0.5, 0.6) is 5.75 Å². The summed E-state index contributed by atoms with van der Waals surface area (Å²) in [6.07, 6.45) is 0. The number of hydrogen-bond donors (Lipinski definition) is 2. The molecule has 0 radical (unpaired) electrons. The van der Waals surface area contributed by atoms with E-state index >= 15 is 0 Å². The molecule has 1 aromatic rings. The summed E-state index contributed by atoms with van der Waals surface area (Å²) in [6.45, 7) is 3.36. The topological polar surface area (TPSA) is 61.7 Å². The van der Waals surface area contributed by atoms with Gasteiger partial charge in [-0.15, -0.1) is 0 Å². The van der Waals surface area contributed by atoms with Crippen LogP contribution in [0.4, 0.5) is 0 Å². The number of benzene rings is 1. The minimum atomic E-state index is -0.318. The summed E-state index contributed by atoms with van der Waals surface area (Å²) in [6, 6.07) is 6.54. The van der Waals surface area contributed by atoms with E-state index in [2.05, 4.69) is 10.3 Å². The van der Waals surface area contributed by atoms with Crippen LogP contribution in [0.1, 0.15) is 25.5 Å². The number of carbonyl (C=O) groups is 1. The number of aliphatic imine (C=N–C) groups is 1. The molecule has 2 N–H and O–H groups in total. The first-order chi connectivity index (χ1) is 8.49. The maximum Gasteiger partial charge on any atom is 0.193 e. The molecule has 0 saturated carbocycles. The minimum absolute atomic E-state index is 0.0457. The molecule has 1 aromatic carbocycles. The fourth-order valence-corrected chi connectivity index (χ4v) is 2.48. The Hall–Kier alpha value is -1.75. The van der Waals surface area contributed by atoms with Gasteiger partial charge in [-0.3, -0.25) is 4.79 Å². The van der Waals surface area contributed by atoms with E-state index in [0.29, 0.717) is 5.11 Å². The Morgan fingerprint density at radius 2 is 2.00 bits per heavy atom. The number of rotatable bonds is 2. The van der Waals surface area contributed by atoms with Crippen molar-refractivity contribution in [3.63, 3.8) is 0 Å². The first-order valence-electron chi connectivity index (χ1n) is 5.64. The molecule has 0 aromatic heterocycles. The Labute approximate surface area is 111 Å². The summed E-state index contributed by atoms with van der Waals surface area (Å²) in [5.74, 6) is -0.0764. The molecular formula is C13H14N2O2S. The molecule has 4 nitrogen and oxygen atoms in total. The van der Waals surface area contributed by atoms with Crippen LogP contribution in [0.15, 0.2) is 29.3 Å². The summed E-state index contributed by atoms with van der Waals surface area (Å²) in [7, 11) is 0. The standard InChI is InChI=1S/C13H14N2O2S/c1-7-11(8(2)16)12(15-13(18)14-7)9-3-5-10(17)6-4-9/h3-6,11-12,17H,1-2H3,(H,15,18). The zero-order valence-corrected chi connectivity index (χ0v) is 11.0. The van der Waals surface area contributed by atoms with E-state index in [0.717, 1.165) is 11.3 Å². The van der Waals surface area contributed by atoms with Gasteiger partial charge in [0.2, 0.25) is 0 Å². The molecule has 1 heterocycles. The predicted molar refractivity (Wildman–Crippen MR) is 73.9 cm³/mol. The van der Waals surface area contributed by atoms with Crippen LogP contribution in [-0.4, -0.2) is 21.7 Å². The van der Waals surface area contributed by atoms with Crippen molar-refractivity contribution in [1.29, 1.82) is 0 Å². The highest BCUT2D eigenvalue weighted by molar-refractivity contribution is 7.80. The fraction of sp³-hybridized carbons (Fsp3) is 0.308. The third-order valence-electron chi connectivity index (χ3n) is 3.03. The van der Waals surface area contributed by atoms with Crippen molar-refractivity contribution in [2.24, 2.45) is 10.9 Å². The lowest BCUT2D eigenvalue weighted by Crippen LogP contribution is -2.42. The van der Waals surface area contributed by atoms with Gasteiger partial charge in [0.1, 0.15) is 11.5 Å². The highest BCUT2D eigenvalue weighted by Gasteiger charge is 2.33. The van der Waals surface area contributed by atoms with E-state index in [9.17, 15) is 9.90 Å². The highest BCUT2D eigenvalue weighted by Crippen LogP contribution is 2.28. The number of hydrogen-bond acceptors (Lipinski definition) is 3. The van der Waals surface area contributed by atoms with Crippen LogP contribution in [0.2, 0.25) is 0 Å². The van der Waals surface area contributed by atoms with Gasteiger partial charge < -0.3 is 10.4 Å². The van der Waals surface area contributed by atoms with Gasteiger partial charge in [-0.25, -0.2) is 4.99 Å². The molecule has 1 aliphatic heterocycles. The van der Waals surface area contributed by atoms with Gasteiger partial charge in [-0.1, -0.05) is 12.1 Å². The Morgan fingerprint density at radius 3 is 2.56 bits per heavy atom. The molecule has 2 atom stereocenters. The van der Waals surface area contributed by atoms with Crippen LogP contribution in [-0.2, 0) is 4.79 Å². The maximum atomic E-state index is 11.8. The Morgan fingerprint density at radius 1 is 1.39 bits per heavy atom. The van der Waals surface area contributed by atoms with Crippen molar-refractivity contribution < 1.29 is 9.90 Å². The lowest BCUT2D eigenvalue weighted by atomic mass is 9.86. The van der Waals surface area contributed by atoms with Gasteiger partial charge >= 0.3 is 0 Å². The Balaban J connectivity index is 2.41. The van der Waals surface area contributed by atoms with Crippen molar-refractivity contribution in [2.75, 3.05) is 0 Å². The molecule has 1 aliphatic rings. The average Bonchev–Trinajstić information content (AvgIpc) is 2.28. The zero-order chi connectivity index (χ0) is 13.3. The van der Waals surface area contributed by atoms with Crippen LogP contribution >= 0.6 is 12.2 Å². The number of ketones is 1. The first kappa shape index (κ1) is 12.7. The summed E-state index contributed by atoms with van der Waals surface area (Å²) in [5.41, 5.74) is 1.63. The molecule has 94 valence electrons. The molecule has 0 spiro atoms. The number of phenols is 1. The van der Waals surface area contributed by atoms with Gasteiger partial charge in [0.15, 0.2) is 5.11 Å². The molecule has 0 amide bonds. The number of nitrogens with one attached hydrogen (secondary N) is 1. The van der Waals surface area contributed by atoms with Crippen molar-refractivity contribution in [1.82, 2.24) is 5.32 Å². The first-order valence-corrected chi connectivity index (χ1v) is 6.05. The monoisotopic (exact) mass is 262 g/mol. The van der Waals surface area contributed by atoms with Gasteiger partial charge in [0, 0.05) is 5.71 Å². The van der Waals surface area contributed by atoms with Gasteiger partial charge in [0.25, 0.3) is 0 Å².